The molecule has 9 heteroatoms. The van der Waals surface area contributed by atoms with E-state index in [0.717, 1.165) is 54.8 Å². The van der Waals surface area contributed by atoms with Gasteiger partial charge in [0.1, 0.15) is 5.75 Å². The fourth-order valence-electron chi connectivity index (χ4n) is 4.22. The molecule has 168 valence electrons. The lowest BCUT2D eigenvalue weighted by Crippen LogP contribution is -2.49. The standard InChI is InChI=1S/C24H26N8O/c1-33-21-10-8-20(9-11-21)22(23-27-28-29-32(23)18-19-6-3-2-4-7-19)30-14-16-31(17-15-30)24-25-12-5-13-26-24/h2-13,22H,14-18H2,1H3. The minimum Gasteiger partial charge on any atom is -0.497 e. The fraction of sp³-hybridized carbons (Fsp3) is 0.292. The van der Waals surface area contributed by atoms with Gasteiger partial charge in [-0.15, -0.1) is 5.10 Å². The maximum absolute atomic E-state index is 5.37. The van der Waals surface area contributed by atoms with Gasteiger partial charge in [0.2, 0.25) is 5.95 Å². The Morgan fingerprint density at radius 3 is 2.30 bits per heavy atom. The SMILES string of the molecule is COc1ccc(C(c2nnnn2Cc2ccccc2)N2CCN(c3ncccn3)CC2)cc1. The van der Waals surface area contributed by atoms with Crippen LogP contribution < -0.4 is 9.64 Å². The predicted octanol–water partition coefficient (Wildman–Crippen LogP) is 2.43. The second-order valence-corrected chi connectivity index (χ2v) is 7.93. The van der Waals surface area contributed by atoms with E-state index in [0.29, 0.717) is 6.54 Å². The molecule has 1 fully saturated rings. The Kier molecular flexibility index (Phi) is 6.21. The number of tetrazole rings is 1. The van der Waals surface area contributed by atoms with Crippen LogP contribution in [0.1, 0.15) is 23.0 Å². The van der Waals surface area contributed by atoms with Gasteiger partial charge in [0.15, 0.2) is 5.82 Å². The van der Waals surface area contributed by atoms with Crippen molar-refractivity contribution < 1.29 is 4.74 Å². The zero-order valence-electron chi connectivity index (χ0n) is 18.5. The third-order valence-electron chi connectivity index (χ3n) is 5.93. The summed E-state index contributed by atoms with van der Waals surface area (Å²) in [7, 11) is 1.68. The van der Waals surface area contributed by atoms with E-state index in [9.17, 15) is 0 Å². The van der Waals surface area contributed by atoms with Crippen molar-refractivity contribution in [1.82, 2.24) is 35.1 Å². The average Bonchev–Trinajstić information content (AvgIpc) is 3.33. The van der Waals surface area contributed by atoms with Crippen LogP contribution in [0.25, 0.3) is 0 Å². The molecule has 2 aromatic heterocycles. The van der Waals surface area contributed by atoms with Crippen molar-refractivity contribution >= 4 is 5.95 Å². The number of nitrogens with zero attached hydrogens (tertiary/aromatic N) is 8. The number of hydrogen-bond acceptors (Lipinski definition) is 8. The number of benzene rings is 2. The smallest absolute Gasteiger partial charge is 0.225 e. The molecule has 1 saturated heterocycles. The lowest BCUT2D eigenvalue weighted by molar-refractivity contribution is 0.200. The zero-order chi connectivity index (χ0) is 22.5. The van der Waals surface area contributed by atoms with Gasteiger partial charge in [-0.3, -0.25) is 4.90 Å². The number of hydrogen-bond donors (Lipinski definition) is 0. The van der Waals surface area contributed by atoms with Crippen molar-refractivity contribution in [2.45, 2.75) is 12.6 Å². The van der Waals surface area contributed by atoms with Crippen LogP contribution >= 0.6 is 0 Å². The fourth-order valence-corrected chi connectivity index (χ4v) is 4.22. The van der Waals surface area contributed by atoms with Crippen LogP contribution in [-0.2, 0) is 6.54 Å². The first-order valence-corrected chi connectivity index (χ1v) is 11.0. The highest BCUT2D eigenvalue weighted by molar-refractivity contribution is 5.34. The maximum Gasteiger partial charge on any atom is 0.225 e. The molecule has 2 aromatic carbocycles. The van der Waals surface area contributed by atoms with Crippen LogP contribution in [0.4, 0.5) is 5.95 Å². The van der Waals surface area contributed by atoms with Crippen LogP contribution in [0.5, 0.6) is 5.75 Å². The Morgan fingerprint density at radius 2 is 1.61 bits per heavy atom. The molecular weight excluding hydrogens is 416 g/mol. The maximum atomic E-state index is 5.37. The van der Waals surface area contributed by atoms with Crippen LogP contribution in [-0.4, -0.2) is 68.4 Å². The largest absolute Gasteiger partial charge is 0.497 e. The monoisotopic (exact) mass is 442 g/mol. The normalized spacial score (nSPS) is 15.4. The van der Waals surface area contributed by atoms with E-state index in [1.807, 2.05) is 41.1 Å². The summed E-state index contributed by atoms with van der Waals surface area (Å²) in [5.41, 5.74) is 2.29. The number of methoxy groups -OCH3 is 1. The molecule has 1 aliphatic rings. The second-order valence-electron chi connectivity index (χ2n) is 7.93. The topological polar surface area (TPSA) is 85.1 Å². The Labute approximate surface area is 192 Å². The first-order valence-electron chi connectivity index (χ1n) is 11.0. The van der Waals surface area contributed by atoms with E-state index in [2.05, 4.69) is 59.6 Å². The summed E-state index contributed by atoms with van der Waals surface area (Å²) in [6, 6.07) is 20.2. The minimum atomic E-state index is -0.0755. The lowest BCUT2D eigenvalue weighted by atomic mass is 10.0. The quantitative estimate of drug-likeness (QED) is 0.431. The molecule has 33 heavy (non-hydrogen) atoms. The molecule has 0 spiro atoms. The molecule has 0 amide bonds. The number of piperazine rings is 1. The second kappa shape index (κ2) is 9.74. The summed E-state index contributed by atoms with van der Waals surface area (Å²) < 4.78 is 7.27. The van der Waals surface area contributed by atoms with Gasteiger partial charge in [0.05, 0.1) is 19.7 Å². The van der Waals surface area contributed by atoms with Crippen molar-refractivity contribution in [3.05, 3.63) is 90.0 Å². The van der Waals surface area contributed by atoms with Crippen molar-refractivity contribution in [2.75, 3.05) is 38.2 Å². The highest BCUT2D eigenvalue weighted by Gasteiger charge is 2.31. The van der Waals surface area contributed by atoms with E-state index < -0.39 is 0 Å². The van der Waals surface area contributed by atoms with Gasteiger partial charge in [-0.2, -0.15) is 0 Å². The third kappa shape index (κ3) is 4.68. The van der Waals surface area contributed by atoms with E-state index >= 15 is 0 Å². The highest BCUT2D eigenvalue weighted by Crippen LogP contribution is 2.30. The summed E-state index contributed by atoms with van der Waals surface area (Å²) >= 11 is 0. The molecule has 1 unspecified atom stereocenters. The minimum absolute atomic E-state index is 0.0755. The van der Waals surface area contributed by atoms with Gasteiger partial charge in [-0.1, -0.05) is 42.5 Å². The molecule has 5 rings (SSSR count). The van der Waals surface area contributed by atoms with Crippen LogP contribution in [0.15, 0.2) is 73.1 Å². The molecule has 3 heterocycles. The van der Waals surface area contributed by atoms with Gasteiger partial charge >= 0.3 is 0 Å². The molecule has 0 aliphatic carbocycles. The Bertz CT molecular complexity index is 1140. The first-order chi connectivity index (χ1) is 16.3. The van der Waals surface area contributed by atoms with Crippen LogP contribution in [0, 0.1) is 0 Å². The van der Waals surface area contributed by atoms with Gasteiger partial charge < -0.3 is 9.64 Å². The molecule has 0 bridgehead atoms. The molecule has 4 aromatic rings. The van der Waals surface area contributed by atoms with Crippen molar-refractivity contribution in [1.29, 1.82) is 0 Å². The molecule has 0 saturated carbocycles. The first kappa shape index (κ1) is 21.0. The van der Waals surface area contributed by atoms with Crippen LogP contribution in [0.2, 0.25) is 0 Å². The van der Waals surface area contributed by atoms with E-state index in [4.69, 9.17) is 4.74 Å². The van der Waals surface area contributed by atoms with Gasteiger partial charge in [0.25, 0.3) is 0 Å². The van der Waals surface area contributed by atoms with E-state index in [1.165, 1.54) is 0 Å². The number of aromatic nitrogens is 6. The van der Waals surface area contributed by atoms with Crippen molar-refractivity contribution in [2.24, 2.45) is 0 Å². The van der Waals surface area contributed by atoms with Gasteiger partial charge in [-0.05, 0) is 39.8 Å². The zero-order valence-corrected chi connectivity index (χ0v) is 18.5. The molecule has 9 nitrogen and oxygen atoms in total. The molecule has 1 atom stereocenters. The van der Waals surface area contributed by atoms with Crippen molar-refractivity contribution in [3.63, 3.8) is 0 Å². The third-order valence-corrected chi connectivity index (χ3v) is 5.93. The summed E-state index contributed by atoms with van der Waals surface area (Å²) in [6.07, 6.45) is 3.57. The Hall–Kier alpha value is -3.85. The highest BCUT2D eigenvalue weighted by atomic mass is 16.5. The predicted molar refractivity (Wildman–Crippen MR) is 124 cm³/mol. The van der Waals surface area contributed by atoms with E-state index in [1.54, 1.807) is 19.5 Å². The van der Waals surface area contributed by atoms with Crippen molar-refractivity contribution in [3.8, 4) is 5.75 Å². The van der Waals surface area contributed by atoms with Gasteiger partial charge in [0, 0.05) is 38.6 Å². The molecule has 0 radical (unpaired) electrons. The summed E-state index contributed by atoms with van der Waals surface area (Å²) in [4.78, 5) is 13.5. The van der Waals surface area contributed by atoms with E-state index in [-0.39, 0.29) is 6.04 Å². The van der Waals surface area contributed by atoms with Gasteiger partial charge in [-0.25, -0.2) is 14.6 Å². The lowest BCUT2D eigenvalue weighted by Gasteiger charge is -2.38. The number of anilines is 1. The summed E-state index contributed by atoms with van der Waals surface area (Å²) in [6.45, 7) is 3.96. The number of ether oxygens (including phenoxy) is 1. The van der Waals surface area contributed by atoms with Crippen LogP contribution in [0.3, 0.4) is 0 Å². The number of rotatable bonds is 7. The Balaban J connectivity index is 1.43. The summed E-state index contributed by atoms with van der Waals surface area (Å²) in [5.74, 6) is 2.42. The average molecular weight is 443 g/mol. The Morgan fingerprint density at radius 1 is 0.879 bits per heavy atom. The molecule has 1 aliphatic heterocycles. The molecular formula is C24H26N8O. The molecule has 0 N–H and O–H groups in total. The summed E-state index contributed by atoms with van der Waals surface area (Å²) in [5, 5.41) is 12.8.